The van der Waals surface area contributed by atoms with Crippen LogP contribution >= 0.6 is 0 Å². The minimum Gasteiger partial charge on any atom is -0.496 e. The number of methoxy groups -OCH3 is 1. The average Bonchev–Trinajstić information content (AvgIpc) is 3.37. The van der Waals surface area contributed by atoms with Crippen LogP contribution in [0.4, 0.5) is 6.01 Å². The van der Waals surface area contributed by atoms with Crippen molar-refractivity contribution in [2.24, 2.45) is 0 Å². The fraction of sp³-hybridized carbons (Fsp3) is 0.571. The Hall–Kier alpha value is -2.05. The minimum atomic E-state index is -0.00135. The number of rotatable bonds is 4. The van der Waals surface area contributed by atoms with Gasteiger partial charge in [0.15, 0.2) is 0 Å². The molecular weight excluding hydrogens is 342 g/mol. The van der Waals surface area contributed by atoms with E-state index < -0.39 is 0 Å². The number of oxazole rings is 1. The number of nitrogens with zero attached hydrogens (tertiary/aromatic N) is 3. The summed E-state index contributed by atoms with van der Waals surface area (Å²) in [6.45, 7) is 4.90. The first-order chi connectivity index (χ1) is 13.3. The lowest BCUT2D eigenvalue weighted by molar-refractivity contribution is -0.0215. The Morgan fingerprint density at radius 3 is 2.74 bits per heavy atom. The molecule has 1 spiro atoms. The molecule has 0 bridgehead atoms. The van der Waals surface area contributed by atoms with Crippen molar-refractivity contribution in [2.45, 2.75) is 36.8 Å². The second kappa shape index (κ2) is 6.84. The molecule has 0 amide bonds. The van der Waals surface area contributed by atoms with Crippen LogP contribution in [0.15, 0.2) is 41.1 Å². The second-order valence-corrected chi connectivity index (χ2v) is 8.07. The summed E-state index contributed by atoms with van der Waals surface area (Å²) in [7, 11) is 1.77. The first kappa shape index (κ1) is 17.1. The summed E-state index contributed by atoms with van der Waals surface area (Å²) in [5.74, 6) is 1.62. The van der Waals surface area contributed by atoms with Gasteiger partial charge in [-0.05, 0) is 49.9 Å². The molecule has 144 valence electrons. The van der Waals surface area contributed by atoms with Crippen molar-refractivity contribution in [2.75, 3.05) is 44.8 Å². The van der Waals surface area contributed by atoms with Crippen LogP contribution in [0.3, 0.4) is 0 Å². The number of hydrogen-bond donors (Lipinski definition) is 0. The molecule has 3 aliphatic rings. The predicted molar refractivity (Wildman–Crippen MR) is 102 cm³/mol. The van der Waals surface area contributed by atoms with Crippen molar-refractivity contribution in [3.8, 4) is 5.75 Å². The van der Waals surface area contributed by atoms with E-state index in [1.807, 2.05) is 6.07 Å². The summed E-state index contributed by atoms with van der Waals surface area (Å²) in [5.41, 5.74) is 1.36. The summed E-state index contributed by atoms with van der Waals surface area (Å²) < 4.78 is 17.2. The van der Waals surface area contributed by atoms with Gasteiger partial charge in [-0.25, -0.2) is 4.98 Å². The van der Waals surface area contributed by atoms with Crippen LogP contribution in [0.25, 0.3) is 0 Å². The van der Waals surface area contributed by atoms with Crippen LogP contribution in [-0.2, 0) is 4.74 Å². The summed E-state index contributed by atoms with van der Waals surface area (Å²) in [5, 5.41) is 0. The molecule has 0 N–H and O–H groups in total. The van der Waals surface area contributed by atoms with Crippen molar-refractivity contribution in [3.63, 3.8) is 0 Å². The van der Waals surface area contributed by atoms with Gasteiger partial charge in [0.25, 0.3) is 6.01 Å². The van der Waals surface area contributed by atoms with Gasteiger partial charge in [0.05, 0.1) is 33.0 Å². The van der Waals surface area contributed by atoms with Crippen LogP contribution in [0, 0.1) is 0 Å². The largest absolute Gasteiger partial charge is 0.496 e. The maximum absolute atomic E-state index is 6.25. The van der Waals surface area contributed by atoms with E-state index in [0.717, 1.165) is 45.0 Å². The van der Waals surface area contributed by atoms with Gasteiger partial charge in [-0.3, -0.25) is 4.90 Å². The van der Waals surface area contributed by atoms with Crippen LogP contribution in [0.5, 0.6) is 5.75 Å². The SMILES string of the molecule is COc1ccccc1C1CCN([C@@H]2COC3(C2)CN(c2ncco2)C3)CC1. The highest BCUT2D eigenvalue weighted by Gasteiger charge is 2.52. The Morgan fingerprint density at radius 2 is 2.00 bits per heavy atom. The van der Waals surface area contributed by atoms with Crippen LogP contribution in [0.2, 0.25) is 0 Å². The molecule has 1 aromatic carbocycles. The highest BCUT2D eigenvalue weighted by atomic mass is 16.5. The van der Waals surface area contributed by atoms with E-state index >= 15 is 0 Å². The molecule has 3 saturated heterocycles. The van der Waals surface area contributed by atoms with Gasteiger partial charge < -0.3 is 18.8 Å². The maximum atomic E-state index is 6.25. The van der Waals surface area contributed by atoms with Crippen LogP contribution < -0.4 is 9.64 Å². The number of benzene rings is 1. The Bertz CT molecular complexity index is 765. The third kappa shape index (κ3) is 3.11. The lowest BCUT2D eigenvalue weighted by Gasteiger charge is -2.46. The summed E-state index contributed by atoms with van der Waals surface area (Å²) >= 11 is 0. The predicted octanol–water partition coefficient (Wildman–Crippen LogP) is 2.91. The number of piperidine rings is 1. The van der Waals surface area contributed by atoms with Crippen LogP contribution in [0.1, 0.15) is 30.7 Å². The Kier molecular flexibility index (Phi) is 4.32. The molecule has 27 heavy (non-hydrogen) atoms. The summed E-state index contributed by atoms with van der Waals surface area (Å²) in [6.07, 6.45) is 6.82. The van der Waals surface area contributed by atoms with Gasteiger partial charge in [0.1, 0.15) is 17.6 Å². The van der Waals surface area contributed by atoms with E-state index in [0.29, 0.717) is 18.0 Å². The van der Waals surface area contributed by atoms with Crippen molar-refractivity contribution < 1.29 is 13.9 Å². The minimum absolute atomic E-state index is 0.00135. The van der Waals surface area contributed by atoms with Gasteiger partial charge >= 0.3 is 0 Å². The number of hydrogen-bond acceptors (Lipinski definition) is 6. The van der Waals surface area contributed by atoms with Gasteiger partial charge in [0, 0.05) is 6.04 Å². The van der Waals surface area contributed by atoms with E-state index in [1.54, 1.807) is 19.6 Å². The fourth-order valence-corrected chi connectivity index (χ4v) is 5.01. The molecule has 3 aliphatic heterocycles. The molecule has 6 heteroatoms. The molecule has 0 aliphatic carbocycles. The van der Waals surface area contributed by atoms with E-state index in [1.165, 1.54) is 18.4 Å². The normalized spacial score (nSPS) is 25.7. The van der Waals surface area contributed by atoms with Crippen molar-refractivity contribution in [1.82, 2.24) is 9.88 Å². The fourth-order valence-electron chi connectivity index (χ4n) is 5.01. The van der Waals surface area contributed by atoms with Gasteiger partial charge in [0.2, 0.25) is 0 Å². The first-order valence-electron chi connectivity index (χ1n) is 9.92. The zero-order chi connectivity index (χ0) is 18.3. The standard InChI is InChI=1S/C21H27N3O3/c1-25-19-5-3-2-4-18(19)16-6-9-23(10-7-16)17-12-21(27-13-17)14-24(15-21)20-22-8-11-26-20/h2-5,8,11,16-17H,6-7,9-10,12-15H2,1H3/t17-/m0/s1. The highest BCUT2D eigenvalue weighted by molar-refractivity contribution is 5.37. The third-order valence-corrected chi connectivity index (χ3v) is 6.46. The zero-order valence-corrected chi connectivity index (χ0v) is 15.8. The Labute approximate surface area is 160 Å². The molecule has 1 aromatic heterocycles. The highest BCUT2D eigenvalue weighted by Crippen LogP contribution is 2.41. The van der Waals surface area contributed by atoms with Crippen LogP contribution in [-0.4, -0.2) is 61.4 Å². The topological polar surface area (TPSA) is 51.0 Å². The quantitative estimate of drug-likeness (QED) is 0.826. The lowest BCUT2D eigenvalue weighted by Crippen LogP contribution is -2.62. The smallest absolute Gasteiger partial charge is 0.297 e. The van der Waals surface area contributed by atoms with E-state index in [2.05, 4.69) is 33.0 Å². The molecule has 2 aromatic rings. The molecule has 4 heterocycles. The maximum Gasteiger partial charge on any atom is 0.297 e. The van der Waals surface area contributed by atoms with E-state index in [9.17, 15) is 0 Å². The first-order valence-corrected chi connectivity index (χ1v) is 9.92. The molecule has 5 rings (SSSR count). The lowest BCUT2D eigenvalue weighted by atomic mass is 9.86. The number of ether oxygens (including phenoxy) is 2. The molecule has 0 saturated carbocycles. The molecular formula is C21H27N3O3. The number of para-hydroxylation sites is 1. The second-order valence-electron chi connectivity index (χ2n) is 8.07. The average molecular weight is 369 g/mol. The van der Waals surface area contributed by atoms with Gasteiger partial charge in [-0.2, -0.15) is 0 Å². The van der Waals surface area contributed by atoms with Crippen molar-refractivity contribution in [3.05, 3.63) is 42.3 Å². The molecule has 3 fully saturated rings. The molecule has 6 nitrogen and oxygen atoms in total. The van der Waals surface area contributed by atoms with Gasteiger partial charge in [-0.15, -0.1) is 0 Å². The number of anilines is 1. The Balaban J connectivity index is 1.16. The Morgan fingerprint density at radius 1 is 1.19 bits per heavy atom. The summed E-state index contributed by atoms with van der Waals surface area (Å²) in [4.78, 5) is 9.03. The number of likely N-dealkylation sites (tertiary alicyclic amines) is 1. The van der Waals surface area contributed by atoms with Crippen molar-refractivity contribution >= 4 is 6.01 Å². The molecule has 1 atom stereocenters. The van der Waals surface area contributed by atoms with E-state index in [4.69, 9.17) is 13.9 Å². The number of aromatic nitrogens is 1. The molecule has 0 unspecified atom stereocenters. The van der Waals surface area contributed by atoms with Crippen molar-refractivity contribution in [1.29, 1.82) is 0 Å². The monoisotopic (exact) mass is 369 g/mol. The summed E-state index contributed by atoms with van der Waals surface area (Å²) in [6, 6.07) is 9.72. The van der Waals surface area contributed by atoms with E-state index in [-0.39, 0.29) is 5.60 Å². The zero-order valence-electron chi connectivity index (χ0n) is 15.8. The molecule has 0 radical (unpaired) electrons. The third-order valence-electron chi connectivity index (χ3n) is 6.46. The van der Waals surface area contributed by atoms with Gasteiger partial charge in [-0.1, -0.05) is 18.2 Å².